The first-order chi connectivity index (χ1) is 9.38. The third-order valence-electron chi connectivity index (χ3n) is 3.18. The van der Waals surface area contributed by atoms with Crippen LogP contribution in [-0.4, -0.2) is 11.5 Å². The smallest absolute Gasteiger partial charge is 0.134 e. The molecule has 0 radical (unpaired) electrons. The second-order valence-electron chi connectivity index (χ2n) is 4.46. The highest BCUT2D eigenvalue weighted by Crippen LogP contribution is 2.27. The second kappa shape index (κ2) is 5.24. The fourth-order valence-corrected chi connectivity index (χ4v) is 2.29. The number of benzene rings is 1. The number of para-hydroxylation sites is 1. The van der Waals surface area contributed by atoms with Crippen molar-refractivity contribution in [1.82, 2.24) is 10.3 Å². The molecule has 0 aliphatic rings. The zero-order valence-corrected chi connectivity index (χ0v) is 10.8. The van der Waals surface area contributed by atoms with Crippen molar-refractivity contribution in [3.8, 4) is 0 Å². The Balaban J connectivity index is 2.04. The average molecular weight is 252 g/mol. The van der Waals surface area contributed by atoms with Crippen LogP contribution in [0.3, 0.4) is 0 Å². The van der Waals surface area contributed by atoms with E-state index in [0.717, 1.165) is 28.8 Å². The van der Waals surface area contributed by atoms with Gasteiger partial charge in [0.1, 0.15) is 11.3 Å². The van der Waals surface area contributed by atoms with Crippen LogP contribution in [0, 0.1) is 0 Å². The topological polar surface area (TPSA) is 38.1 Å². The first-order valence-electron chi connectivity index (χ1n) is 6.50. The Bertz CT molecular complexity index is 628. The third-order valence-corrected chi connectivity index (χ3v) is 3.18. The summed E-state index contributed by atoms with van der Waals surface area (Å²) in [6.45, 7) is 2.97. The second-order valence-corrected chi connectivity index (χ2v) is 4.46. The van der Waals surface area contributed by atoms with Crippen molar-refractivity contribution in [2.75, 3.05) is 6.54 Å². The van der Waals surface area contributed by atoms with E-state index in [4.69, 9.17) is 4.42 Å². The summed E-state index contributed by atoms with van der Waals surface area (Å²) < 4.78 is 5.95. The van der Waals surface area contributed by atoms with Crippen molar-refractivity contribution >= 4 is 11.0 Å². The summed E-state index contributed by atoms with van der Waals surface area (Å²) in [4.78, 5) is 4.07. The van der Waals surface area contributed by atoms with Crippen LogP contribution < -0.4 is 5.32 Å². The lowest BCUT2D eigenvalue weighted by atomic mass is 10.1. The lowest BCUT2D eigenvalue weighted by molar-refractivity contribution is 0.477. The predicted molar refractivity (Wildman–Crippen MR) is 76.0 cm³/mol. The van der Waals surface area contributed by atoms with Crippen LogP contribution in [0.1, 0.15) is 24.3 Å². The number of furan rings is 1. The van der Waals surface area contributed by atoms with Crippen LogP contribution in [0.5, 0.6) is 0 Å². The standard InChI is InChI=1S/C16H16N2O/c1-2-18-16(12-7-9-17-10-8-12)15-11-13-5-3-4-6-14(13)19-15/h3-11,16,18H,2H2,1H3. The van der Waals surface area contributed by atoms with Gasteiger partial charge in [-0.2, -0.15) is 0 Å². The molecule has 96 valence electrons. The summed E-state index contributed by atoms with van der Waals surface area (Å²) >= 11 is 0. The summed E-state index contributed by atoms with van der Waals surface area (Å²) in [5, 5.41) is 4.59. The largest absolute Gasteiger partial charge is 0.459 e. The van der Waals surface area contributed by atoms with E-state index in [2.05, 4.69) is 29.4 Å². The minimum atomic E-state index is 0.0698. The SMILES string of the molecule is CCNC(c1ccncc1)c1cc2ccccc2o1. The number of rotatable bonds is 4. The molecule has 0 saturated heterocycles. The quantitative estimate of drug-likeness (QED) is 0.772. The molecule has 3 nitrogen and oxygen atoms in total. The van der Waals surface area contributed by atoms with Gasteiger partial charge in [0.15, 0.2) is 0 Å². The molecule has 1 atom stereocenters. The zero-order valence-electron chi connectivity index (χ0n) is 10.8. The predicted octanol–water partition coefficient (Wildman–Crippen LogP) is 3.53. The molecule has 3 rings (SSSR count). The maximum Gasteiger partial charge on any atom is 0.134 e. The van der Waals surface area contributed by atoms with Crippen molar-refractivity contribution in [3.05, 3.63) is 66.2 Å². The molecule has 0 saturated carbocycles. The highest BCUT2D eigenvalue weighted by molar-refractivity contribution is 5.77. The average Bonchev–Trinajstić information content (AvgIpc) is 2.89. The van der Waals surface area contributed by atoms with Crippen LogP contribution in [-0.2, 0) is 0 Å². The number of fused-ring (bicyclic) bond motifs is 1. The van der Waals surface area contributed by atoms with E-state index >= 15 is 0 Å². The Kier molecular flexibility index (Phi) is 3.29. The van der Waals surface area contributed by atoms with Crippen molar-refractivity contribution in [1.29, 1.82) is 0 Å². The third kappa shape index (κ3) is 2.37. The van der Waals surface area contributed by atoms with Crippen LogP contribution in [0.15, 0.2) is 59.3 Å². The van der Waals surface area contributed by atoms with E-state index < -0.39 is 0 Å². The van der Waals surface area contributed by atoms with Crippen LogP contribution in [0.4, 0.5) is 0 Å². The Hall–Kier alpha value is -2.13. The Morgan fingerprint density at radius 3 is 2.68 bits per heavy atom. The van der Waals surface area contributed by atoms with Gasteiger partial charge in [-0.3, -0.25) is 4.98 Å². The molecule has 0 amide bonds. The number of pyridine rings is 1. The molecule has 2 heterocycles. The summed E-state index contributed by atoms with van der Waals surface area (Å²) in [7, 11) is 0. The molecule has 3 heteroatoms. The first-order valence-corrected chi connectivity index (χ1v) is 6.50. The summed E-state index contributed by atoms with van der Waals surface area (Å²) in [6.07, 6.45) is 3.62. The number of hydrogen-bond acceptors (Lipinski definition) is 3. The molecule has 3 aromatic rings. The van der Waals surface area contributed by atoms with Gasteiger partial charge in [0.25, 0.3) is 0 Å². The minimum Gasteiger partial charge on any atom is -0.459 e. The Morgan fingerprint density at radius 2 is 1.95 bits per heavy atom. The van der Waals surface area contributed by atoms with Crippen molar-refractivity contribution in [2.24, 2.45) is 0 Å². The Labute approximate surface area is 112 Å². The molecule has 1 aromatic carbocycles. The number of nitrogens with one attached hydrogen (secondary N) is 1. The van der Waals surface area contributed by atoms with E-state index in [1.807, 2.05) is 42.7 Å². The summed E-state index contributed by atoms with van der Waals surface area (Å²) in [5.41, 5.74) is 2.09. The molecule has 1 unspecified atom stereocenters. The minimum absolute atomic E-state index is 0.0698. The lowest BCUT2D eigenvalue weighted by Crippen LogP contribution is -2.21. The maximum absolute atomic E-state index is 5.95. The van der Waals surface area contributed by atoms with Crippen LogP contribution in [0.25, 0.3) is 11.0 Å². The molecule has 2 aromatic heterocycles. The van der Waals surface area contributed by atoms with E-state index in [-0.39, 0.29) is 6.04 Å². The van der Waals surface area contributed by atoms with Crippen molar-refractivity contribution in [2.45, 2.75) is 13.0 Å². The lowest BCUT2D eigenvalue weighted by Gasteiger charge is -2.15. The van der Waals surface area contributed by atoms with Gasteiger partial charge in [0.2, 0.25) is 0 Å². The molecule has 1 N–H and O–H groups in total. The fourth-order valence-electron chi connectivity index (χ4n) is 2.29. The van der Waals surface area contributed by atoms with Gasteiger partial charge in [-0.05, 0) is 36.4 Å². The maximum atomic E-state index is 5.95. The molecular weight excluding hydrogens is 236 g/mol. The molecule has 19 heavy (non-hydrogen) atoms. The van der Waals surface area contributed by atoms with Gasteiger partial charge in [0.05, 0.1) is 6.04 Å². The van der Waals surface area contributed by atoms with Gasteiger partial charge < -0.3 is 9.73 Å². The molecular formula is C16H16N2O. The number of nitrogens with zero attached hydrogens (tertiary/aromatic N) is 1. The van der Waals surface area contributed by atoms with Crippen LogP contribution >= 0.6 is 0 Å². The van der Waals surface area contributed by atoms with Gasteiger partial charge in [-0.15, -0.1) is 0 Å². The number of hydrogen-bond donors (Lipinski definition) is 1. The monoisotopic (exact) mass is 252 g/mol. The van der Waals surface area contributed by atoms with E-state index in [9.17, 15) is 0 Å². The number of aromatic nitrogens is 1. The van der Waals surface area contributed by atoms with Gasteiger partial charge in [0, 0.05) is 17.8 Å². The van der Waals surface area contributed by atoms with Gasteiger partial charge >= 0.3 is 0 Å². The van der Waals surface area contributed by atoms with E-state index in [1.165, 1.54) is 0 Å². The van der Waals surface area contributed by atoms with Crippen molar-refractivity contribution < 1.29 is 4.42 Å². The van der Waals surface area contributed by atoms with Crippen molar-refractivity contribution in [3.63, 3.8) is 0 Å². The molecule has 0 aliphatic heterocycles. The van der Waals surface area contributed by atoms with Crippen LogP contribution in [0.2, 0.25) is 0 Å². The normalized spacial score (nSPS) is 12.7. The highest BCUT2D eigenvalue weighted by Gasteiger charge is 2.17. The molecule has 0 spiro atoms. The highest BCUT2D eigenvalue weighted by atomic mass is 16.3. The van der Waals surface area contributed by atoms with E-state index in [1.54, 1.807) is 0 Å². The molecule has 0 aliphatic carbocycles. The summed E-state index contributed by atoms with van der Waals surface area (Å²) in [6, 6.07) is 14.3. The molecule has 0 fully saturated rings. The van der Waals surface area contributed by atoms with Gasteiger partial charge in [-0.25, -0.2) is 0 Å². The fraction of sp³-hybridized carbons (Fsp3) is 0.188. The van der Waals surface area contributed by atoms with E-state index in [0.29, 0.717) is 0 Å². The first kappa shape index (κ1) is 11.9. The van der Waals surface area contributed by atoms with Gasteiger partial charge in [-0.1, -0.05) is 25.1 Å². The zero-order chi connectivity index (χ0) is 13.1. The Morgan fingerprint density at radius 1 is 1.16 bits per heavy atom. The summed E-state index contributed by atoms with van der Waals surface area (Å²) in [5.74, 6) is 0.939. The molecule has 0 bridgehead atoms.